The summed E-state index contributed by atoms with van der Waals surface area (Å²) in [6.45, 7) is 40.8. The van der Waals surface area contributed by atoms with E-state index in [-0.39, 0.29) is 17.8 Å². The van der Waals surface area contributed by atoms with Crippen molar-refractivity contribution < 1.29 is 0 Å². The Balaban J connectivity index is 0.764. The summed E-state index contributed by atoms with van der Waals surface area (Å²) in [7, 11) is 0. The van der Waals surface area contributed by atoms with Gasteiger partial charge in [0, 0.05) is 113 Å². The minimum Gasteiger partial charge on any atom is -0.341 e. The lowest BCUT2D eigenvalue weighted by molar-refractivity contribution is 0.557. The number of benzene rings is 10. The van der Waals surface area contributed by atoms with E-state index >= 15 is 0 Å². The SMILES string of the molecule is CCn1c2ccc(-c3ccc4ccc(-c5ccc6ccc(-n7c8c(C)c(C)c(C)c(-c9cccc(-c%10c(C)nc(C)nc%10C)c9)c8c8c(C9C=CCC(c%10c(C)ncnc%10C)C9)c(C)c(C)c(C)c87)cc6c5)cc4c3)cc2c2cc(-c3cccc(-c4c(C)cc(C)nc4C)c3)c(C3=CC=CC(c4c(C)cc(C)nc4C)C3)cc21. The summed E-state index contributed by atoms with van der Waals surface area (Å²) in [5, 5.41) is 9.95. The number of hydrogen-bond donors (Lipinski definition) is 0. The van der Waals surface area contributed by atoms with Crippen molar-refractivity contribution in [3.05, 3.63) is 319 Å². The van der Waals surface area contributed by atoms with Crippen LogP contribution in [0.4, 0.5) is 0 Å². The highest BCUT2D eigenvalue weighted by molar-refractivity contribution is 6.21. The first-order chi connectivity index (χ1) is 54.5. The molecule has 0 amide bonds. The molecule has 16 aromatic rings. The van der Waals surface area contributed by atoms with Gasteiger partial charge in [0.2, 0.25) is 0 Å². The van der Waals surface area contributed by atoms with Gasteiger partial charge < -0.3 is 9.13 Å². The van der Waals surface area contributed by atoms with Gasteiger partial charge in [-0.1, -0.05) is 115 Å². The normalized spacial score (nSPS) is 15.2. The fourth-order valence-electron chi connectivity index (χ4n) is 20.5. The molecule has 3 unspecified atom stereocenters. The van der Waals surface area contributed by atoms with E-state index in [0.717, 1.165) is 94.0 Å². The van der Waals surface area contributed by atoms with Crippen molar-refractivity contribution >= 4 is 70.7 Å². The Labute approximate surface area is 664 Å². The largest absolute Gasteiger partial charge is 0.341 e. The average Bonchev–Trinajstić information content (AvgIpc) is 1.54. The van der Waals surface area contributed by atoms with Crippen LogP contribution >= 0.6 is 0 Å². The Morgan fingerprint density at radius 1 is 0.389 bits per heavy atom. The van der Waals surface area contributed by atoms with Gasteiger partial charge in [0.05, 0.1) is 11.0 Å². The van der Waals surface area contributed by atoms with Crippen molar-refractivity contribution in [2.24, 2.45) is 0 Å². The lowest BCUT2D eigenvalue weighted by atomic mass is 9.75. The Morgan fingerprint density at radius 3 is 1.60 bits per heavy atom. The number of aromatic nitrogens is 8. The van der Waals surface area contributed by atoms with Crippen molar-refractivity contribution in [3.63, 3.8) is 0 Å². The highest BCUT2D eigenvalue weighted by atomic mass is 15.0. The maximum atomic E-state index is 4.99. The van der Waals surface area contributed by atoms with E-state index in [0.29, 0.717) is 0 Å². The number of pyridine rings is 2. The molecule has 0 aliphatic heterocycles. The molecular weight excluding hydrogens is 1370 g/mol. The fraction of sp³-hybridized carbons (Fsp3) is 0.238. The van der Waals surface area contributed by atoms with Crippen LogP contribution < -0.4 is 0 Å². The molecule has 0 saturated carbocycles. The Hall–Kier alpha value is -12.0. The number of allylic oxidation sites excluding steroid dienone is 6. The average molecular weight is 1470 g/mol. The van der Waals surface area contributed by atoms with Gasteiger partial charge in [-0.2, -0.15) is 0 Å². The van der Waals surface area contributed by atoms with Crippen LogP contribution in [0.3, 0.4) is 0 Å². The molecule has 8 nitrogen and oxygen atoms in total. The topological polar surface area (TPSA) is 87.2 Å². The molecule has 0 spiro atoms. The molecule has 6 heterocycles. The van der Waals surface area contributed by atoms with Crippen LogP contribution in [0.25, 0.3) is 143 Å². The third-order valence-electron chi connectivity index (χ3n) is 25.9. The van der Waals surface area contributed by atoms with Gasteiger partial charge in [-0.25, -0.2) is 19.9 Å². The highest BCUT2D eigenvalue weighted by Gasteiger charge is 2.34. The molecule has 6 aromatic heterocycles. The van der Waals surface area contributed by atoms with Crippen LogP contribution in [0.15, 0.2) is 200 Å². The first kappa shape index (κ1) is 72.5. The van der Waals surface area contributed by atoms with E-state index < -0.39 is 0 Å². The second-order valence-corrected chi connectivity index (χ2v) is 32.9. The van der Waals surface area contributed by atoms with Crippen molar-refractivity contribution in [2.45, 2.75) is 168 Å². The number of fused-ring (bicyclic) bond motifs is 8. The maximum absolute atomic E-state index is 4.99. The lowest BCUT2D eigenvalue weighted by Gasteiger charge is -2.29. The summed E-state index contributed by atoms with van der Waals surface area (Å²) >= 11 is 0. The molecule has 0 N–H and O–H groups in total. The predicted molar refractivity (Wildman–Crippen MR) is 476 cm³/mol. The zero-order valence-electron chi connectivity index (χ0n) is 68.7. The van der Waals surface area contributed by atoms with E-state index in [2.05, 4.69) is 321 Å². The summed E-state index contributed by atoms with van der Waals surface area (Å²) in [6.07, 6.45) is 16.5. The van der Waals surface area contributed by atoms with E-state index in [1.54, 1.807) is 6.33 Å². The minimum atomic E-state index is 0.143. The van der Waals surface area contributed by atoms with Gasteiger partial charge in [-0.05, 0) is 378 Å². The molecular formula is C105H98N8. The van der Waals surface area contributed by atoms with E-state index in [1.807, 2.05) is 6.92 Å². The van der Waals surface area contributed by atoms with Crippen LogP contribution in [-0.4, -0.2) is 39.0 Å². The second kappa shape index (κ2) is 28.0. The second-order valence-electron chi connectivity index (χ2n) is 32.9. The Morgan fingerprint density at radius 2 is 0.947 bits per heavy atom. The standard InChI is InChI=1S/C105H98N8/c1-19-112-94-41-39-78(52-92(94)93-53-90(79-24-20-26-81(47-79)96-56(2)42-58(4)108-68(96)14)91(54-95(93)112)80-25-21-27-82(48-80)97-57(3)43-59(5)109-69(97)15)77-37-33-73-32-35-75(44-87(73)45-77)76-36-34-74-38-40-89(51-88(74)46-76)113-104-64(10)60(6)62(8)98(83-28-22-30-85(49-83)100-66(12)106-55-107-67(100)13)102(104)103-99(63(9)61(7)65(11)105(103)113)84-29-23-31-86(50-84)101-70(16)110-72(18)111-71(101)17/h20-29,31-47,50-55,82-83,85H,19,30,48-49H2,1-18H3. The molecule has 0 bridgehead atoms. The van der Waals surface area contributed by atoms with Crippen molar-refractivity contribution in [2.75, 3.05) is 0 Å². The quantitative estimate of drug-likeness (QED) is 0.113. The molecule has 18 rings (SSSR count). The number of rotatable bonds is 12. The zero-order valence-corrected chi connectivity index (χ0v) is 68.7. The molecule has 0 radical (unpaired) electrons. The summed E-state index contributed by atoms with van der Waals surface area (Å²) in [5.74, 6) is 1.42. The van der Waals surface area contributed by atoms with Crippen LogP contribution in [0, 0.1) is 118 Å². The summed E-state index contributed by atoms with van der Waals surface area (Å²) in [4.78, 5) is 29.3. The molecule has 8 heteroatoms. The highest BCUT2D eigenvalue weighted by Crippen LogP contribution is 2.53. The zero-order chi connectivity index (χ0) is 78.4. The van der Waals surface area contributed by atoms with Gasteiger partial charge >= 0.3 is 0 Å². The summed E-state index contributed by atoms with van der Waals surface area (Å²) in [6, 6.07) is 63.3. The molecule has 10 aromatic carbocycles. The van der Waals surface area contributed by atoms with Gasteiger partial charge in [0.25, 0.3) is 0 Å². The third-order valence-corrected chi connectivity index (χ3v) is 25.9. The molecule has 2 aliphatic rings. The Kier molecular flexibility index (Phi) is 18.0. The molecule has 558 valence electrons. The molecule has 0 fully saturated rings. The van der Waals surface area contributed by atoms with Crippen LogP contribution in [0.5, 0.6) is 0 Å². The summed E-state index contributed by atoms with van der Waals surface area (Å²) < 4.78 is 5.19. The lowest BCUT2D eigenvalue weighted by Crippen LogP contribution is -2.14. The van der Waals surface area contributed by atoms with Crippen molar-refractivity contribution in [1.29, 1.82) is 0 Å². The molecule has 0 saturated heterocycles. The number of hydrogen-bond acceptors (Lipinski definition) is 6. The molecule has 2 aliphatic carbocycles. The fourth-order valence-corrected chi connectivity index (χ4v) is 20.5. The Bertz CT molecular complexity index is 6770. The van der Waals surface area contributed by atoms with Crippen LogP contribution in [0.1, 0.15) is 162 Å². The van der Waals surface area contributed by atoms with E-state index in [4.69, 9.17) is 29.9 Å². The third kappa shape index (κ3) is 12.2. The number of nitrogens with zero attached hydrogens (tertiary/aromatic N) is 8. The summed E-state index contributed by atoms with van der Waals surface area (Å²) in [5.41, 5.74) is 45.8. The van der Waals surface area contributed by atoms with Crippen molar-refractivity contribution in [1.82, 2.24) is 39.0 Å². The van der Waals surface area contributed by atoms with E-state index in [1.165, 1.54) is 193 Å². The van der Waals surface area contributed by atoms with Crippen molar-refractivity contribution in [3.8, 4) is 72.4 Å². The van der Waals surface area contributed by atoms with Crippen LogP contribution in [-0.2, 0) is 6.54 Å². The smallest absolute Gasteiger partial charge is 0.125 e. The maximum Gasteiger partial charge on any atom is 0.125 e. The molecule has 3 atom stereocenters. The van der Waals surface area contributed by atoms with Gasteiger partial charge in [0.15, 0.2) is 0 Å². The minimum absolute atomic E-state index is 0.143. The monoisotopic (exact) mass is 1470 g/mol. The molecule has 113 heavy (non-hydrogen) atoms. The predicted octanol–water partition coefficient (Wildman–Crippen LogP) is 27.2. The first-order valence-electron chi connectivity index (χ1n) is 40.5. The van der Waals surface area contributed by atoms with Gasteiger partial charge in [-0.3, -0.25) is 9.97 Å². The number of aryl methyl sites for hydroxylation is 14. The first-order valence-corrected chi connectivity index (χ1v) is 40.5. The van der Waals surface area contributed by atoms with Crippen LogP contribution in [0.2, 0.25) is 0 Å². The van der Waals surface area contributed by atoms with Gasteiger partial charge in [0.1, 0.15) is 12.2 Å². The van der Waals surface area contributed by atoms with Gasteiger partial charge in [-0.15, -0.1) is 0 Å². The van der Waals surface area contributed by atoms with E-state index in [9.17, 15) is 0 Å².